The molecule has 29 heavy (non-hydrogen) atoms. The highest BCUT2D eigenvalue weighted by Gasteiger charge is 2.38. The Morgan fingerprint density at radius 2 is 1.34 bits per heavy atom. The summed E-state index contributed by atoms with van der Waals surface area (Å²) in [6.45, 7) is 11.7. The standard InChI is InChI=1S/C28H47N/c1-6-7-8-9-22-10-12-23(13-11-22)14-15-24-16-18-25(19-17-24)26-20-27(2,3)29-28(4,5)21-26/h16-19,22-23,26,29H,6-15,20-21H2,1-5H3. The zero-order valence-electron chi connectivity index (χ0n) is 20.0. The van der Waals surface area contributed by atoms with E-state index in [1.54, 1.807) is 11.1 Å². The molecule has 1 heterocycles. The van der Waals surface area contributed by atoms with E-state index in [2.05, 4.69) is 64.2 Å². The van der Waals surface area contributed by atoms with E-state index in [4.69, 9.17) is 0 Å². The number of aryl methyl sites for hydroxylation is 1. The van der Waals surface area contributed by atoms with Crippen molar-refractivity contribution in [2.24, 2.45) is 11.8 Å². The summed E-state index contributed by atoms with van der Waals surface area (Å²) in [5.74, 6) is 2.69. The van der Waals surface area contributed by atoms with Crippen molar-refractivity contribution in [3.05, 3.63) is 35.4 Å². The lowest BCUT2D eigenvalue weighted by atomic mass is 9.73. The fourth-order valence-corrected chi connectivity index (χ4v) is 6.38. The second-order valence-electron chi connectivity index (χ2n) is 11.7. The Labute approximate surface area is 181 Å². The Kier molecular flexibility index (Phi) is 7.87. The molecule has 0 bridgehead atoms. The minimum absolute atomic E-state index is 0.223. The van der Waals surface area contributed by atoms with Gasteiger partial charge in [-0.3, -0.25) is 0 Å². The fourth-order valence-electron chi connectivity index (χ4n) is 6.38. The fraction of sp³-hybridized carbons (Fsp3) is 0.786. The van der Waals surface area contributed by atoms with Gasteiger partial charge in [0.1, 0.15) is 0 Å². The van der Waals surface area contributed by atoms with Crippen LogP contribution in [-0.2, 0) is 6.42 Å². The van der Waals surface area contributed by atoms with E-state index in [1.165, 1.54) is 77.0 Å². The molecule has 0 spiro atoms. The summed E-state index contributed by atoms with van der Waals surface area (Å²) in [5, 5.41) is 3.82. The first-order valence-corrected chi connectivity index (χ1v) is 12.6. The lowest BCUT2D eigenvalue weighted by molar-refractivity contribution is 0.162. The molecule has 0 atom stereocenters. The van der Waals surface area contributed by atoms with Gasteiger partial charge in [0.25, 0.3) is 0 Å². The maximum Gasteiger partial charge on any atom is 0.0135 e. The second-order valence-corrected chi connectivity index (χ2v) is 11.7. The van der Waals surface area contributed by atoms with Gasteiger partial charge in [-0.25, -0.2) is 0 Å². The summed E-state index contributed by atoms with van der Waals surface area (Å²) in [4.78, 5) is 0. The van der Waals surface area contributed by atoms with Gasteiger partial charge in [-0.1, -0.05) is 82.6 Å². The first kappa shape index (κ1) is 22.9. The Hall–Kier alpha value is -0.820. The van der Waals surface area contributed by atoms with Crippen LogP contribution in [0.1, 0.15) is 122 Å². The molecule has 3 rings (SSSR count). The number of benzene rings is 1. The van der Waals surface area contributed by atoms with Crippen molar-refractivity contribution in [1.29, 1.82) is 0 Å². The third kappa shape index (κ3) is 7.12. The van der Waals surface area contributed by atoms with Crippen molar-refractivity contribution in [3.8, 4) is 0 Å². The van der Waals surface area contributed by atoms with Crippen molar-refractivity contribution < 1.29 is 0 Å². The monoisotopic (exact) mass is 397 g/mol. The van der Waals surface area contributed by atoms with Crippen LogP contribution < -0.4 is 5.32 Å². The molecule has 2 fully saturated rings. The lowest BCUT2D eigenvalue weighted by Gasteiger charge is -2.46. The van der Waals surface area contributed by atoms with Crippen LogP contribution in [0.4, 0.5) is 0 Å². The smallest absolute Gasteiger partial charge is 0.0135 e. The largest absolute Gasteiger partial charge is 0.307 e. The predicted molar refractivity (Wildman–Crippen MR) is 128 cm³/mol. The molecule has 1 aromatic carbocycles. The average molecular weight is 398 g/mol. The molecule has 1 aliphatic carbocycles. The molecule has 0 aromatic heterocycles. The van der Waals surface area contributed by atoms with Crippen molar-refractivity contribution in [3.63, 3.8) is 0 Å². The minimum Gasteiger partial charge on any atom is -0.307 e. The molecule has 1 heteroatoms. The van der Waals surface area contributed by atoms with Crippen LogP contribution in [0, 0.1) is 11.8 Å². The number of piperidine rings is 1. The van der Waals surface area contributed by atoms with Gasteiger partial charge >= 0.3 is 0 Å². The molecule has 1 saturated heterocycles. The quantitative estimate of drug-likeness (QED) is 0.438. The van der Waals surface area contributed by atoms with Gasteiger partial charge in [-0.15, -0.1) is 0 Å². The van der Waals surface area contributed by atoms with Crippen molar-refractivity contribution in [1.82, 2.24) is 5.32 Å². The minimum atomic E-state index is 0.223. The SMILES string of the molecule is CCCCCC1CCC(CCc2ccc(C3CC(C)(C)NC(C)(C)C3)cc2)CC1. The molecule has 2 aliphatic rings. The lowest BCUT2D eigenvalue weighted by Crippen LogP contribution is -2.57. The number of hydrogen-bond acceptors (Lipinski definition) is 1. The van der Waals surface area contributed by atoms with Crippen LogP contribution >= 0.6 is 0 Å². The highest BCUT2D eigenvalue weighted by Crippen LogP contribution is 2.39. The van der Waals surface area contributed by atoms with Gasteiger partial charge in [-0.2, -0.15) is 0 Å². The van der Waals surface area contributed by atoms with Crippen LogP contribution in [0.5, 0.6) is 0 Å². The summed E-state index contributed by atoms with van der Waals surface area (Å²) in [6, 6.07) is 9.71. The number of unbranched alkanes of at least 4 members (excludes halogenated alkanes) is 2. The topological polar surface area (TPSA) is 12.0 Å². The zero-order valence-corrected chi connectivity index (χ0v) is 20.0. The summed E-state index contributed by atoms with van der Waals surface area (Å²) in [6.07, 6.45) is 16.8. The molecule has 1 aromatic rings. The van der Waals surface area contributed by atoms with Gasteiger partial charge in [-0.05, 0) is 82.3 Å². The molecule has 0 amide bonds. The van der Waals surface area contributed by atoms with Crippen molar-refractivity contribution in [2.75, 3.05) is 0 Å². The van der Waals surface area contributed by atoms with Crippen LogP contribution in [0.25, 0.3) is 0 Å². The zero-order chi connectivity index (χ0) is 20.9. The second kappa shape index (κ2) is 9.99. The molecule has 164 valence electrons. The van der Waals surface area contributed by atoms with Gasteiger partial charge in [0.15, 0.2) is 0 Å². The Morgan fingerprint density at radius 3 is 1.90 bits per heavy atom. The molecule has 1 nitrogen and oxygen atoms in total. The summed E-state index contributed by atoms with van der Waals surface area (Å²) < 4.78 is 0. The third-order valence-electron chi connectivity index (χ3n) is 7.66. The maximum absolute atomic E-state index is 3.82. The molecular weight excluding hydrogens is 350 g/mol. The van der Waals surface area contributed by atoms with Crippen LogP contribution in [-0.4, -0.2) is 11.1 Å². The summed E-state index contributed by atoms with van der Waals surface area (Å²) in [5.41, 5.74) is 3.54. The van der Waals surface area contributed by atoms with Crippen LogP contribution in [0.2, 0.25) is 0 Å². The van der Waals surface area contributed by atoms with Crippen LogP contribution in [0.15, 0.2) is 24.3 Å². The van der Waals surface area contributed by atoms with Crippen molar-refractivity contribution >= 4 is 0 Å². The van der Waals surface area contributed by atoms with E-state index in [-0.39, 0.29) is 11.1 Å². The van der Waals surface area contributed by atoms with Gasteiger partial charge < -0.3 is 5.32 Å². The number of hydrogen-bond donors (Lipinski definition) is 1. The Morgan fingerprint density at radius 1 is 0.793 bits per heavy atom. The van der Waals surface area contributed by atoms with Gasteiger partial charge in [0, 0.05) is 11.1 Å². The van der Waals surface area contributed by atoms with E-state index in [1.807, 2.05) is 0 Å². The van der Waals surface area contributed by atoms with Gasteiger partial charge in [0.05, 0.1) is 0 Å². The molecular formula is C28H47N. The molecule has 1 N–H and O–H groups in total. The first-order valence-electron chi connectivity index (χ1n) is 12.6. The highest BCUT2D eigenvalue weighted by molar-refractivity contribution is 5.27. The number of nitrogens with one attached hydrogen (secondary N) is 1. The molecule has 0 radical (unpaired) electrons. The Balaban J connectivity index is 1.44. The molecule has 1 aliphatic heterocycles. The van der Waals surface area contributed by atoms with E-state index in [0.29, 0.717) is 5.92 Å². The Bertz CT molecular complexity index is 588. The third-order valence-corrected chi connectivity index (χ3v) is 7.66. The summed E-state index contributed by atoms with van der Waals surface area (Å²) in [7, 11) is 0. The predicted octanol–water partition coefficient (Wildman–Crippen LogP) is 8.03. The molecule has 1 saturated carbocycles. The van der Waals surface area contributed by atoms with E-state index < -0.39 is 0 Å². The normalized spacial score (nSPS) is 27.1. The number of rotatable bonds is 8. The van der Waals surface area contributed by atoms with Gasteiger partial charge in [0.2, 0.25) is 0 Å². The van der Waals surface area contributed by atoms with Crippen molar-refractivity contribution in [2.45, 2.75) is 129 Å². The highest BCUT2D eigenvalue weighted by atomic mass is 15.0. The van der Waals surface area contributed by atoms with E-state index >= 15 is 0 Å². The average Bonchev–Trinajstić information content (AvgIpc) is 2.65. The molecule has 0 unspecified atom stereocenters. The maximum atomic E-state index is 3.82. The van der Waals surface area contributed by atoms with Crippen LogP contribution in [0.3, 0.4) is 0 Å². The first-order chi connectivity index (χ1) is 13.8. The van der Waals surface area contributed by atoms with E-state index in [9.17, 15) is 0 Å². The van der Waals surface area contributed by atoms with E-state index in [0.717, 1.165) is 11.8 Å². The summed E-state index contributed by atoms with van der Waals surface area (Å²) >= 11 is 0.